The first kappa shape index (κ1) is 19.9. The number of aliphatic imine (C=N–C) groups is 2. The van der Waals surface area contributed by atoms with Crippen molar-refractivity contribution in [1.29, 1.82) is 0 Å². The minimum absolute atomic E-state index is 0.383. The highest BCUT2D eigenvalue weighted by Crippen LogP contribution is 2.36. The Morgan fingerprint density at radius 1 is 1.27 bits per heavy atom. The molecule has 2 heterocycles. The maximum atomic E-state index is 6.08. The second kappa shape index (κ2) is 8.18. The minimum Gasteiger partial charge on any atom is -0.387 e. The van der Waals surface area contributed by atoms with Gasteiger partial charge in [-0.3, -0.25) is 9.67 Å². The Balaban J connectivity index is 1.74. The fourth-order valence-electron chi connectivity index (χ4n) is 3.90. The summed E-state index contributed by atoms with van der Waals surface area (Å²) < 4.78 is 1.99. The molecule has 1 aliphatic rings. The molecule has 0 radical (unpaired) electrons. The van der Waals surface area contributed by atoms with Gasteiger partial charge in [-0.1, -0.05) is 29.8 Å². The summed E-state index contributed by atoms with van der Waals surface area (Å²) in [5.41, 5.74) is 14.9. The maximum absolute atomic E-state index is 6.08. The van der Waals surface area contributed by atoms with Crippen LogP contribution in [0.15, 0.2) is 40.4 Å². The Kier molecular flexibility index (Phi) is 5.44. The van der Waals surface area contributed by atoms with Gasteiger partial charge in [0.05, 0.1) is 17.1 Å². The molecular weight excluding hydrogens is 374 g/mol. The summed E-state index contributed by atoms with van der Waals surface area (Å²) in [4.78, 5) is 17.8. The van der Waals surface area contributed by atoms with Crippen molar-refractivity contribution in [2.24, 2.45) is 22.8 Å². The second-order valence-electron chi connectivity index (χ2n) is 7.84. The lowest BCUT2D eigenvalue weighted by Crippen LogP contribution is -2.15. The predicted molar refractivity (Wildman–Crippen MR) is 121 cm³/mol. The quantitative estimate of drug-likeness (QED) is 0.524. The van der Waals surface area contributed by atoms with Crippen molar-refractivity contribution in [1.82, 2.24) is 19.7 Å². The van der Waals surface area contributed by atoms with Crippen LogP contribution in [0.25, 0.3) is 11.3 Å². The van der Waals surface area contributed by atoms with Gasteiger partial charge in [0, 0.05) is 44.4 Å². The molecule has 7 nitrogen and oxygen atoms in total. The van der Waals surface area contributed by atoms with Gasteiger partial charge in [0.2, 0.25) is 0 Å². The van der Waals surface area contributed by atoms with E-state index >= 15 is 0 Å². The summed E-state index contributed by atoms with van der Waals surface area (Å²) in [6, 6.07) is 8.59. The molecular formula is C23H27N7. The van der Waals surface area contributed by atoms with Crippen molar-refractivity contribution in [3.05, 3.63) is 58.5 Å². The number of benzene rings is 1. The minimum atomic E-state index is 0.383. The van der Waals surface area contributed by atoms with Gasteiger partial charge in [0.15, 0.2) is 0 Å². The monoisotopic (exact) mass is 401 g/mol. The molecule has 7 heteroatoms. The van der Waals surface area contributed by atoms with Gasteiger partial charge in [-0.2, -0.15) is 10.1 Å². The highest BCUT2D eigenvalue weighted by Gasteiger charge is 2.26. The Bertz CT molecular complexity index is 1150. The summed E-state index contributed by atoms with van der Waals surface area (Å²) in [5.74, 6) is 0.841. The number of amidine groups is 1. The fourth-order valence-corrected chi connectivity index (χ4v) is 3.90. The highest BCUT2D eigenvalue weighted by atomic mass is 15.3. The smallest absolute Gasteiger partial charge is 0.251 e. The molecule has 2 N–H and O–H groups in total. The van der Waals surface area contributed by atoms with Gasteiger partial charge in [0.1, 0.15) is 5.84 Å². The fraction of sp³-hybridized carbons (Fsp3) is 0.348. The third-order valence-corrected chi connectivity index (χ3v) is 5.47. The van der Waals surface area contributed by atoms with Crippen LogP contribution in [0.4, 0.5) is 5.95 Å². The number of nitrogens with two attached hydrogens (primary N) is 1. The van der Waals surface area contributed by atoms with Crippen LogP contribution in [-0.4, -0.2) is 38.3 Å². The van der Waals surface area contributed by atoms with E-state index in [1.54, 1.807) is 7.05 Å². The molecule has 1 aromatic carbocycles. The van der Waals surface area contributed by atoms with E-state index in [1.165, 1.54) is 11.1 Å². The number of aryl methyl sites for hydroxylation is 4. The molecule has 30 heavy (non-hydrogen) atoms. The lowest BCUT2D eigenvalue weighted by molar-refractivity contribution is 0.705. The zero-order chi connectivity index (χ0) is 21.3. The van der Waals surface area contributed by atoms with Crippen molar-refractivity contribution < 1.29 is 0 Å². The summed E-state index contributed by atoms with van der Waals surface area (Å²) in [6.45, 7) is 4.04. The Morgan fingerprint density at radius 3 is 2.87 bits per heavy atom. The average Bonchev–Trinajstić information content (AvgIpc) is 3.03. The van der Waals surface area contributed by atoms with Crippen LogP contribution in [-0.2, 0) is 26.3 Å². The van der Waals surface area contributed by atoms with Crippen molar-refractivity contribution in [2.45, 2.75) is 39.5 Å². The molecule has 0 unspecified atom stereocenters. The molecule has 4 rings (SSSR count). The van der Waals surface area contributed by atoms with Crippen LogP contribution in [0.5, 0.6) is 0 Å². The first-order chi connectivity index (χ1) is 14.4. The normalized spacial score (nSPS) is 13.9. The zero-order valence-electron chi connectivity index (χ0n) is 18.0. The largest absolute Gasteiger partial charge is 0.387 e. The number of aromatic nitrogens is 4. The van der Waals surface area contributed by atoms with Crippen LogP contribution in [0.1, 0.15) is 41.4 Å². The molecule has 0 amide bonds. The molecule has 1 aliphatic carbocycles. The van der Waals surface area contributed by atoms with Gasteiger partial charge < -0.3 is 5.73 Å². The molecule has 154 valence electrons. The second-order valence-corrected chi connectivity index (χ2v) is 7.84. The molecule has 0 saturated heterocycles. The van der Waals surface area contributed by atoms with E-state index in [9.17, 15) is 0 Å². The standard InChI is InChI=1S/C23H27N7/c1-14-6-5-7-16(10-14)12-19-21-18(29-30(19)4)9-8-17-13-26-23(28-22(17)21)27-20(24)11-15(2)25-3/h5-7,10,13H,8-9,11-12H2,1-4H3,(H2,24,26,27,28). The predicted octanol–water partition coefficient (Wildman–Crippen LogP) is 3.34. The van der Waals surface area contributed by atoms with Crippen LogP contribution in [0.3, 0.4) is 0 Å². The number of rotatable bonds is 5. The Labute approximate surface area is 176 Å². The van der Waals surface area contributed by atoms with Crippen molar-refractivity contribution in [3.8, 4) is 11.3 Å². The number of nitrogens with zero attached hydrogens (tertiary/aromatic N) is 6. The van der Waals surface area contributed by atoms with E-state index in [4.69, 9.17) is 15.8 Å². The lowest BCUT2D eigenvalue weighted by Gasteiger charge is -2.16. The van der Waals surface area contributed by atoms with E-state index in [0.29, 0.717) is 18.2 Å². The van der Waals surface area contributed by atoms with E-state index in [2.05, 4.69) is 46.2 Å². The summed E-state index contributed by atoms with van der Waals surface area (Å²) in [6.07, 6.45) is 4.96. The third-order valence-electron chi connectivity index (χ3n) is 5.47. The van der Waals surface area contributed by atoms with Gasteiger partial charge in [-0.05, 0) is 37.8 Å². The zero-order valence-corrected chi connectivity index (χ0v) is 18.0. The average molecular weight is 402 g/mol. The van der Waals surface area contributed by atoms with Crippen molar-refractivity contribution in [3.63, 3.8) is 0 Å². The van der Waals surface area contributed by atoms with Gasteiger partial charge >= 0.3 is 0 Å². The first-order valence-corrected chi connectivity index (χ1v) is 10.2. The van der Waals surface area contributed by atoms with Gasteiger partial charge in [-0.25, -0.2) is 9.97 Å². The van der Waals surface area contributed by atoms with Gasteiger partial charge in [-0.15, -0.1) is 0 Å². The Hall–Kier alpha value is -3.35. The van der Waals surface area contributed by atoms with Crippen LogP contribution in [0, 0.1) is 6.92 Å². The molecule has 0 aliphatic heterocycles. The summed E-state index contributed by atoms with van der Waals surface area (Å²) in [5, 5.41) is 4.79. The van der Waals surface area contributed by atoms with E-state index < -0.39 is 0 Å². The molecule has 2 aromatic heterocycles. The molecule has 0 atom stereocenters. The Morgan fingerprint density at radius 2 is 2.10 bits per heavy atom. The van der Waals surface area contributed by atoms with Crippen LogP contribution >= 0.6 is 0 Å². The molecule has 0 fully saturated rings. The maximum Gasteiger partial charge on any atom is 0.251 e. The summed E-state index contributed by atoms with van der Waals surface area (Å²) >= 11 is 0. The molecule has 0 bridgehead atoms. The third kappa shape index (κ3) is 4.01. The van der Waals surface area contributed by atoms with E-state index in [1.807, 2.05) is 24.9 Å². The number of hydrogen-bond donors (Lipinski definition) is 1. The van der Waals surface area contributed by atoms with Crippen LogP contribution in [0.2, 0.25) is 0 Å². The molecule has 3 aromatic rings. The SMILES string of the molecule is CN=C(C)CC(N)=Nc1ncc2c(n1)-c1c(nn(C)c1Cc1cccc(C)c1)CC2. The first-order valence-electron chi connectivity index (χ1n) is 10.2. The van der Waals surface area contributed by atoms with Crippen LogP contribution < -0.4 is 5.73 Å². The summed E-state index contributed by atoms with van der Waals surface area (Å²) in [7, 11) is 3.76. The van der Waals surface area contributed by atoms with E-state index in [-0.39, 0.29) is 0 Å². The molecule has 0 spiro atoms. The lowest BCUT2D eigenvalue weighted by atomic mass is 9.91. The van der Waals surface area contributed by atoms with Gasteiger partial charge in [0.25, 0.3) is 5.95 Å². The topological polar surface area (TPSA) is 94.3 Å². The number of hydrogen-bond acceptors (Lipinski definition) is 5. The van der Waals surface area contributed by atoms with Crippen molar-refractivity contribution >= 4 is 17.5 Å². The molecule has 0 saturated carbocycles. The number of fused-ring (bicyclic) bond motifs is 3. The van der Waals surface area contributed by atoms with E-state index in [0.717, 1.165) is 53.2 Å². The van der Waals surface area contributed by atoms with Crippen molar-refractivity contribution in [2.75, 3.05) is 7.05 Å². The highest BCUT2D eigenvalue weighted by molar-refractivity contribution is 6.02.